The average Bonchev–Trinajstić information content (AvgIpc) is 2.56. The van der Waals surface area contributed by atoms with Gasteiger partial charge in [-0.3, -0.25) is 4.90 Å². The van der Waals surface area contributed by atoms with Crippen molar-refractivity contribution in [2.45, 2.75) is 11.9 Å². The van der Waals surface area contributed by atoms with Crippen LogP contribution in [-0.4, -0.2) is 29.1 Å². The highest BCUT2D eigenvalue weighted by atomic mass is 35.5. The first kappa shape index (κ1) is 14.5. The molecule has 0 amide bonds. The van der Waals surface area contributed by atoms with Crippen molar-refractivity contribution >= 4 is 11.6 Å². The molecule has 0 radical (unpaired) electrons. The maximum Gasteiger partial charge on any atom is 0.206 e. The lowest BCUT2D eigenvalue weighted by Gasteiger charge is -2.43. The van der Waals surface area contributed by atoms with Gasteiger partial charge in [0.2, 0.25) is 5.79 Å². The van der Waals surface area contributed by atoms with Crippen molar-refractivity contribution in [3.05, 3.63) is 71.8 Å². The standard InChI is InChI=1S/C17H18ClNO2/c18-13-19-11-16(14-7-3-1-4-8-14)21-17(20,12-19)15-9-5-2-6-10-15/h1-10,16,20H,11-13H2/t16-,17+/m0/s1. The minimum Gasteiger partial charge on any atom is -0.361 e. The summed E-state index contributed by atoms with van der Waals surface area (Å²) in [5.74, 6) is -1.34. The number of β-amino-alcohol motifs (C(OH)–C–C–N with tert-alkyl or cyclic N) is 1. The molecule has 0 bridgehead atoms. The maximum absolute atomic E-state index is 11.0. The van der Waals surface area contributed by atoms with Crippen LogP contribution in [0.4, 0.5) is 0 Å². The third-order valence-electron chi connectivity index (χ3n) is 3.76. The van der Waals surface area contributed by atoms with E-state index in [0.29, 0.717) is 19.1 Å². The molecular weight excluding hydrogens is 286 g/mol. The number of alkyl halides is 1. The normalized spacial score (nSPS) is 26.7. The van der Waals surface area contributed by atoms with Crippen molar-refractivity contribution in [2.24, 2.45) is 0 Å². The van der Waals surface area contributed by atoms with Crippen LogP contribution >= 0.6 is 11.6 Å². The summed E-state index contributed by atoms with van der Waals surface area (Å²) in [5, 5.41) is 11.0. The van der Waals surface area contributed by atoms with E-state index in [0.717, 1.165) is 11.1 Å². The predicted octanol–water partition coefficient (Wildman–Crippen LogP) is 3.10. The molecule has 0 spiro atoms. The van der Waals surface area contributed by atoms with E-state index in [-0.39, 0.29) is 6.10 Å². The molecule has 4 heteroatoms. The van der Waals surface area contributed by atoms with Crippen LogP contribution in [-0.2, 0) is 10.5 Å². The van der Waals surface area contributed by atoms with Gasteiger partial charge in [-0.2, -0.15) is 0 Å². The molecule has 0 aliphatic carbocycles. The zero-order valence-corrected chi connectivity index (χ0v) is 12.4. The van der Waals surface area contributed by atoms with Gasteiger partial charge in [0, 0.05) is 12.1 Å². The molecule has 1 aliphatic heterocycles. The van der Waals surface area contributed by atoms with Crippen molar-refractivity contribution in [1.82, 2.24) is 4.90 Å². The summed E-state index contributed by atoms with van der Waals surface area (Å²) < 4.78 is 6.03. The monoisotopic (exact) mass is 303 g/mol. The predicted molar refractivity (Wildman–Crippen MR) is 82.9 cm³/mol. The summed E-state index contributed by atoms with van der Waals surface area (Å²) in [6, 6.07) is 19.8. The van der Waals surface area contributed by atoms with Gasteiger partial charge in [-0.25, -0.2) is 0 Å². The first-order chi connectivity index (χ1) is 10.2. The van der Waals surface area contributed by atoms with Crippen LogP contribution in [0.3, 0.4) is 0 Å². The maximum atomic E-state index is 11.0. The van der Waals surface area contributed by atoms with E-state index in [4.69, 9.17) is 16.3 Å². The molecule has 0 unspecified atom stereocenters. The molecule has 2 aromatic rings. The van der Waals surface area contributed by atoms with Gasteiger partial charge in [-0.1, -0.05) is 60.7 Å². The fourth-order valence-corrected chi connectivity index (χ4v) is 2.88. The van der Waals surface area contributed by atoms with Crippen molar-refractivity contribution in [3.63, 3.8) is 0 Å². The first-order valence-corrected chi connectivity index (χ1v) is 7.54. The van der Waals surface area contributed by atoms with Gasteiger partial charge in [0.15, 0.2) is 0 Å². The first-order valence-electron chi connectivity index (χ1n) is 7.00. The summed E-state index contributed by atoms with van der Waals surface area (Å²) in [6.07, 6.45) is -0.205. The molecule has 1 fully saturated rings. The van der Waals surface area contributed by atoms with Gasteiger partial charge in [0.05, 0.1) is 18.7 Å². The second-order valence-corrected chi connectivity index (χ2v) is 5.54. The number of hydrogen-bond donors (Lipinski definition) is 1. The molecule has 110 valence electrons. The van der Waals surface area contributed by atoms with Crippen molar-refractivity contribution in [3.8, 4) is 0 Å². The van der Waals surface area contributed by atoms with Crippen molar-refractivity contribution in [2.75, 3.05) is 19.1 Å². The molecule has 1 N–H and O–H groups in total. The fourth-order valence-electron chi connectivity index (χ4n) is 2.70. The van der Waals surface area contributed by atoms with Crippen molar-refractivity contribution in [1.29, 1.82) is 0 Å². The third kappa shape index (κ3) is 3.11. The highest BCUT2D eigenvalue weighted by molar-refractivity contribution is 6.17. The van der Waals surface area contributed by atoms with Crippen LogP contribution in [0.1, 0.15) is 17.2 Å². The Morgan fingerprint density at radius 3 is 2.33 bits per heavy atom. The molecule has 1 heterocycles. The third-order valence-corrected chi connectivity index (χ3v) is 4.10. The van der Waals surface area contributed by atoms with Gasteiger partial charge in [-0.05, 0) is 5.56 Å². The van der Waals surface area contributed by atoms with Crippen LogP contribution in [0, 0.1) is 0 Å². The highest BCUT2D eigenvalue weighted by Crippen LogP contribution is 2.36. The van der Waals surface area contributed by atoms with Gasteiger partial charge in [0.25, 0.3) is 0 Å². The molecule has 21 heavy (non-hydrogen) atoms. The number of hydrogen-bond acceptors (Lipinski definition) is 3. The average molecular weight is 304 g/mol. The Labute approximate surface area is 129 Å². The minimum atomic E-state index is -1.34. The summed E-state index contributed by atoms with van der Waals surface area (Å²) in [7, 11) is 0. The lowest BCUT2D eigenvalue weighted by Crippen LogP contribution is -2.50. The molecule has 2 aromatic carbocycles. The molecule has 0 saturated carbocycles. The van der Waals surface area contributed by atoms with E-state index < -0.39 is 5.79 Å². The van der Waals surface area contributed by atoms with Crippen LogP contribution in [0.25, 0.3) is 0 Å². The lowest BCUT2D eigenvalue weighted by molar-refractivity contribution is -0.277. The number of morpholine rings is 1. The Hall–Kier alpha value is -1.39. The zero-order valence-electron chi connectivity index (χ0n) is 11.7. The van der Waals surface area contributed by atoms with E-state index in [1.165, 1.54) is 0 Å². The van der Waals surface area contributed by atoms with Crippen LogP contribution in [0.15, 0.2) is 60.7 Å². The van der Waals surface area contributed by atoms with Crippen LogP contribution in [0.2, 0.25) is 0 Å². The van der Waals surface area contributed by atoms with E-state index >= 15 is 0 Å². The molecule has 3 nitrogen and oxygen atoms in total. The van der Waals surface area contributed by atoms with Crippen molar-refractivity contribution < 1.29 is 9.84 Å². The highest BCUT2D eigenvalue weighted by Gasteiger charge is 2.40. The molecule has 2 atom stereocenters. The van der Waals surface area contributed by atoms with Crippen LogP contribution < -0.4 is 0 Å². The Balaban J connectivity index is 1.92. The van der Waals surface area contributed by atoms with E-state index in [1.807, 2.05) is 65.6 Å². The number of rotatable bonds is 3. The second-order valence-electron chi connectivity index (χ2n) is 5.30. The summed E-state index contributed by atoms with van der Waals surface area (Å²) >= 11 is 6.01. The summed E-state index contributed by atoms with van der Waals surface area (Å²) in [5.41, 5.74) is 1.79. The topological polar surface area (TPSA) is 32.7 Å². The fraction of sp³-hybridized carbons (Fsp3) is 0.294. The van der Waals surface area contributed by atoms with Gasteiger partial charge in [0.1, 0.15) is 0 Å². The molecule has 1 aliphatic rings. The number of ether oxygens (including phenoxy) is 1. The zero-order chi connectivity index (χ0) is 14.7. The Kier molecular flexibility index (Phi) is 4.27. The lowest BCUT2D eigenvalue weighted by atomic mass is 10.0. The molecular formula is C17H18ClNO2. The second kappa shape index (κ2) is 6.16. The summed E-state index contributed by atoms with van der Waals surface area (Å²) in [6.45, 7) is 1.03. The summed E-state index contributed by atoms with van der Waals surface area (Å²) in [4.78, 5) is 2.00. The minimum absolute atomic E-state index is 0.205. The number of halogens is 1. The Morgan fingerprint density at radius 2 is 1.71 bits per heavy atom. The van der Waals surface area contributed by atoms with Gasteiger partial charge in [-0.15, -0.1) is 11.6 Å². The van der Waals surface area contributed by atoms with E-state index in [9.17, 15) is 5.11 Å². The molecule has 0 aromatic heterocycles. The Morgan fingerprint density at radius 1 is 1.10 bits per heavy atom. The largest absolute Gasteiger partial charge is 0.361 e. The molecule has 3 rings (SSSR count). The number of benzene rings is 2. The quantitative estimate of drug-likeness (QED) is 0.698. The van der Waals surface area contributed by atoms with Gasteiger partial charge >= 0.3 is 0 Å². The molecule has 1 saturated heterocycles. The SMILES string of the molecule is O[C@]1(c2ccccc2)CN(CCl)C[C@@H](c2ccccc2)O1. The van der Waals surface area contributed by atoms with Gasteiger partial charge < -0.3 is 9.84 Å². The smallest absolute Gasteiger partial charge is 0.206 e. The van der Waals surface area contributed by atoms with Crippen LogP contribution in [0.5, 0.6) is 0 Å². The Bertz CT molecular complexity index is 578. The van der Waals surface area contributed by atoms with E-state index in [1.54, 1.807) is 0 Å². The van der Waals surface area contributed by atoms with E-state index in [2.05, 4.69) is 0 Å². The number of nitrogens with zero attached hydrogens (tertiary/aromatic N) is 1. The number of aliphatic hydroxyl groups is 1.